The molecule has 0 atom stereocenters. The van der Waals surface area contributed by atoms with Crippen LogP contribution in [0.15, 0.2) is 12.1 Å². The number of aromatic nitrogens is 1. The Labute approximate surface area is 116 Å². The normalized spacial score (nSPS) is 23.4. The van der Waals surface area contributed by atoms with Crippen LogP contribution in [0.4, 0.5) is 19.0 Å². The molecule has 1 heterocycles. The summed E-state index contributed by atoms with van der Waals surface area (Å²) in [5.41, 5.74) is -0.740. The van der Waals surface area contributed by atoms with Crippen molar-refractivity contribution in [3.8, 4) is 5.88 Å². The van der Waals surface area contributed by atoms with Crippen LogP contribution in [0.1, 0.15) is 38.2 Å². The minimum atomic E-state index is -4.40. The number of halogens is 3. The summed E-state index contributed by atoms with van der Waals surface area (Å²) in [6.45, 7) is 2.18. The van der Waals surface area contributed by atoms with Gasteiger partial charge in [-0.2, -0.15) is 18.2 Å². The Morgan fingerprint density at radius 2 is 1.85 bits per heavy atom. The highest BCUT2D eigenvalue weighted by Crippen LogP contribution is 2.34. The quantitative estimate of drug-likeness (QED) is 0.909. The molecule has 1 aromatic rings. The van der Waals surface area contributed by atoms with Crippen molar-refractivity contribution in [2.45, 2.75) is 44.9 Å². The van der Waals surface area contributed by atoms with Crippen LogP contribution in [0.5, 0.6) is 5.88 Å². The van der Waals surface area contributed by atoms with Gasteiger partial charge in [-0.1, -0.05) is 6.92 Å². The van der Waals surface area contributed by atoms with E-state index in [1.54, 1.807) is 0 Å². The topological polar surface area (TPSA) is 34.1 Å². The maximum absolute atomic E-state index is 12.8. The van der Waals surface area contributed by atoms with Crippen molar-refractivity contribution in [2.24, 2.45) is 5.92 Å². The first kappa shape index (κ1) is 14.9. The molecule has 1 saturated carbocycles. The van der Waals surface area contributed by atoms with E-state index in [0.717, 1.165) is 37.8 Å². The summed E-state index contributed by atoms with van der Waals surface area (Å²) in [5, 5.41) is 2.63. The second-order valence-corrected chi connectivity index (χ2v) is 5.33. The molecule has 0 aromatic carbocycles. The van der Waals surface area contributed by atoms with Gasteiger partial charge in [0.05, 0.1) is 5.56 Å². The lowest BCUT2D eigenvalue weighted by atomic mass is 9.89. The lowest BCUT2D eigenvalue weighted by molar-refractivity contribution is -0.137. The van der Waals surface area contributed by atoms with E-state index in [4.69, 9.17) is 4.74 Å². The first-order chi connectivity index (χ1) is 9.38. The van der Waals surface area contributed by atoms with E-state index in [2.05, 4.69) is 17.2 Å². The van der Waals surface area contributed by atoms with E-state index in [1.807, 2.05) is 0 Å². The second kappa shape index (κ2) is 5.89. The fraction of sp³-hybridized carbons (Fsp3) is 0.643. The smallest absolute Gasteiger partial charge is 0.416 e. The van der Waals surface area contributed by atoms with E-state index in [1.165, 1.54) is 7.05 Å². The number of hydrogen-bond acceptors (Lipinski definition) is 3. The summed E-state index contributed by atoms with van der Waals surface area (Å²) in [5.74, 6) is 0.875. The minimum absolute atomic E-state index is 0.0353. The summed E-state index contributed by atoms with van der Waals surface area (Å²) < 4.78 is 44.0. The SMILES string of the molecule is CNc1cc(C(F)(F)F)cc(OC2CCC(C)CC2)n1. The zero-order valence-corrected chi connectivity index (χ0v) is 11.6. The summed E-state index contributed by atoms with van der Waals surface area (Å²) in [4.78, 5) is 4.05. The van der Waals surface area contributed by atoms with Crippen LogP contribution in [-0.2, 0) is 6.18 Å². The monoisotopic (exact) mass is 288 g/mol. The van der Waals surface area contributed by atoms with Crippen LogP contribution < -0.4 is 10.1 Å². The summed E-state index contributed by atoms with van der Waals surface area (Å²) in [6, 6.07) is 1.95. The van der Waals surface area contributed by atoms with Crippen LogP contribution in [-0.4, -0.2) is 18.1 Å². The van der Waals surface area contributed by atoms with Crippen LogP contribution in [0.2, 0.25) is 0 Å². The molecule has 0 amide bonds. The number of rotatable bonds is 3. The molecule has 1 aromatic heterocycles. The molecule has 0 unspecified atom stereocenters. The van der Waals surface area contributed by atoms with Gasteiger partial charge in [0.2, 0.25) is 5.88 Å². The fourth-order valence-electron chi connectivity index (χ4n) is 2.38. The molecule has 0 spiro atoms. The predicted molar refractivity (Wildman–Crippen MR) is 70.8 cm³/mol. The molecular formula is C14H19F3N2O. The van der Waals surface area contributed by atoms with Gasteiger partial charge in [-0.05, 0) is 37.7 Å². The van der Waals surface area contributed by atoms with Gasteiger partial charge in [0.15, 0.2) is 0 Å². The Kier molecular flexibility index (Phi) is 4.40. The number of alkyl halides is 3. The standard InChI is InChI=1S/C14H19F3N2O/c1-9-3-5-11(6-4-9)20-13-8-10(14(15,16)17)7-12(18-2)19-13/h7-9,11H,3-6H2,1-2H3,(H,18,19). The van der Waals surface area contributed by atoms with Gasteiger partial charge in [-0.3, -0.25) is 0 Å². The van der Waals surface area contributed by atoms with Gasteiger partial charge in [-0.15, -0.1) is 0 Å². The van der Waals surface area contributed by atoms with E-state index in [-0.39, 0.29) is 17.8 Å². The Bertz CT molecular complexity index is 454. The molecule has 0 radical (unpaired) electrons. The Balaban J connectivity index is 2.14. The van der Waals surface area contributed by atoms with Crippen LogP contribution in [0.25, 0.3) is 0 Å². The molecule has 6 heteroatoms. The lowest BCUT2D eigenvalue weighted by Gasteiger charge is -2.26. The number of anilines is 1. The van der Waals surface area contributed by atoms with Crippen molar-refractivity contribution >= 4 is 5.82 Å². The molecule has 3 nitrogen and oxygen atoms in total. The largest absolute Gasteiger partial charge is 0.474 e. The predicted octanol–water partition coefficient (Wildman–Crippen LogP) is 4.10. The molecule has 1 fully saturated rings. The molecule has 2 rings (SSSR count). The van der Waals surface area contributed by atoms with Gasteiger partial charge in [0.25, 0.3) is 0 Å². The van der Waals surface area contributed by atoms with Crippen LogP contribution in [0, 0.1) is 5.92 Å². The molecule has 1 aliphatic carbocycles. The summed E-state index contributed by atoms with van der Waals surface area (Å²) in [6.07, 6.45) is -0.604. The first-order valence-corrected chi connectivity index (χ1v) is 6.82. The van der Waals surface area contributed by atoms with Crippen molar-refractivity contribution in [2.75, 3.05) is 12.4 Å². The lowest BCUT2D eigenvalue weighted by Crippen LogP contribution is -2.23. The van der Waals surface area contributed by atoms with Crippen LogP contribution >= 0.6 is 0 Å². The maximum Gasteiger partial charge on any atom is 0.416 e. The number of nitrogens with one attached hydrogen (secondary N) is 1. The van der Waals surface area contributed by atoms with Gasteiger partial charge < -0.3 is 10.1 Å². The molecule has 1 aliphatic rings. The van der Waals surface area contributed by atoms with Crippen molar-refractivity contribution in [1.29, 1.82) is 0 Å². The first-order valence-electron chi connectivity index (χ1n) is 6.82. The molecule has 0 aliphatic heterocycles. The number of hydrogen-bond donors (Lipinski definition) is 1. The third-order valence-electron chi connectivity index (χ3n) is 3.64. The van der Waals surface area contributed by atoms with E-state index in [9.17, 15) is 13.2 Å². The summed E-state index contributed by atoms with van der Waals surface area (Å²) >= 11 is 0. The third kappa shape index (κ3) is 3.77. The van der Waals surface area contributed by atoms with E-state index in [0.29, 0.717) is 5.92 Å². The Morgan fingerprint density at radius 1 is 1.20 bits per heavy atom. The molecular weight excluding hydrogens is 269 g/mol. The zero-order chi connectivity index (χ0) is 14.8. The molecule has 0 bridgehead atoms. The summed E-state index contributed by atoms with van der Waals surface area (Å²) in [7, 11) is 1.54. The molecule has 1 N–H and O–H groups in total. The number of ether oxygens (including phenoxy) is 1. The highest BCUT2D eigenvalue weighted by Gasteiger charge is 2.32. The maximum atomic E-state index is 12.8. The Hall–Kier alpha value is -1.46. The van der Waals surface area contributed by atoms with Crippen molar-refractivity contribution < 1.29 is 17.9 Å². The number of pyridine rings is 1. The second-order valence-electron chi connectivity index (χ2n) is 5.33. The number of nitrogens with zero attached hydrogens (tertiary/aromatic N) is 1. The molecule has 112 valence electrons. The minimum Gasteiger partial charge on any atom is -0.474 e. The fourth-order valence-corrected chi connectivity index (χ4v) is 2.38. The Morgan fingerprint density at radius 3 is 2.40 bits per heavy atom. The van der Waals surface area contributed by atoms with Crippen molar-refractivity contribution in [3.05, 3.63) is 17.7 Å². The molecule has 20 heavy (non-hydrogen) atoms. The highest BCUT2D eigenvalue weighted by atomic mass is 19.4. The third-order valence-corrected chi connectivity index (χ3v) is 3.64. The zero-order valence-electron chi connectivity index (χ0n) is 11.6. The average Bonchev–Trinajstić information content (AvgIpc) is 2.40. The van der Waals surface area contributed by atoms with Gasteiger partial charge in [0.1, 0.15) is 11.9 Å². The van der Waals surface area contributed by atoms with Crippen molar-refractivity contribution in [1.82, 2.24) is 4.98 Å². The van der Waals surface area contributed by atoms with Crippen molar-refractivity contribution in [3.63, 3.8) is 0 Å². The van der Waals surface area contributed by atoms with Crippen LogP contribution in [0.3, 0.4) is 0 Å². The van der Waals surface area contributed by atoms with E-state index < -0.39 is 11.7 Å². The van der Waals surface area contributed by atoms with Gasteiger partial charge >= 0.3 is 6.18 Å². The van der Waals surface area contributed by atoms with Gasteiger partial charge in [0, 0.05) is 13.1 Å². The highest BCUT2D eigenvalue weighted by molar-refractivity contribution is 5.42. The molecule has 0 saturated heterocycles. The average molecular weight is 288 g/mol. The van der Waals surface area contributed by atoms with E-state index >= 15 is 0 Å². The van der Waals surface area contributed by atoms with Gasteiger partial charge in [-0.25, -0.2) is 0 Å².